The molecule has 0 bridgehead atoms. The number of nitrogens with zero attached hydrogens (tertiary/aromatic N) is 1. The Hall–Kier alpha value is -1.44. The molecular formula is C13H10BrF5N2. The van der Waals surface area contributed by atoms with E-state index in [1.54, 1.807) is 6.92 Å². The van der Waals surface area contributed by atoms with Crippen LogP contribution in [0.15, 0.2) is 10.5 Å². The Labute approximate surface area is 125 Å². The molecule has 0 amide bonds. The molecule has 0 spiro atoms. The molecule has 0 aliphatic carbocycles. The maximum atomic E-state index is 13.8. The second-order valence-corrected chi connectivity index (χ2v) is 5.16. The minimum Gasteiger partial charge on any atom is -0.384 e. The molecule has 0 saturated carbocycles. The predicted molar refractivity (Wildman–Crippen MR) is 73.3 cm³/mol. The van der Waals surface area contributed by atoms with E-state index in [4.69, 9.17) is 0 Å². The minimum absolute atomic E-state index is 0.0140. The predicted octanol–water partition coefficient (Wildman–Crippen LogP) is 5.03. The molecule has 0 aliphatic rings. The first-order chi connectivity index (χ1) is 9.68. The lowest BCUT2D eigenvalue weighted by Gasteiger charge is -2.18. The molecule has 2 rings (SSSR count). The van der Waals surface area contributed by atoms with Gasteiger partial charge in [0, 0.05) is 23.6 Å². The monoisotopic (exact) mass is 368 g/mol. The second-order valence-electron chi connectivity index (χ2n) is 4.37. The van der Waals surface area contributed by atoms with Crippen molar-refractivity contribution in [2.75, 3.05) is 11.9 Å². The van der Waals surface area contributed by atoms with Gasteiger partial charge in [-0.05, 0) is 29.8 Å². The van der Waals surface area contributed by atoms with Crippen LogP contribution >= 0.6 is 15.9 Å². The zero-order valence-electron chi connectivity index (χ0n) is 11.0. The molecular weight excluding hydrogens is 359 g/mol. The summed E-state index contributed by atoms with van der Waals surface area (Å²) in [4.78, 5) is 3.35. The molecule has 0 atom stereocenters. The Morgan fingerprint density at radius 1 is 1.24 bits per heavy atom. The minimum atomic E-state index is -4.73. The van der Waals surface area contributed by atoms with E-state index in [1.165, 1.54) is 6.92 Å². The maximum absolute atomic E-state index is 13.8. The fourth-order valence-electron chi connectivity index (χ4n) is 2.10. The largest absolute Gasteiger partial charge is 0.433 e. The summed E-state index contributed by atoms with van der Waals surface area (Å²) < 4.78 is 66.4. The van der Waals surface area contributed by atoms with Crippen molar-refractivity contribution in [2.24, 2.45) is 0 Å². The molecule has 2 aromatic rings. The summed E-state index contributed by atoms with van der Waals surface area (Å²) in [6.45, 7) is 3.17. The number of hydrogen-bond donors (Lipinski definition) is 1. The van der Waals surface area contributed by atoms with E-state index in [-0.39, 0.29) is 21.1 Å². The van der Waals surface area contributed by atoms with Gasteiger partial charge in [-0.1, -0.05) is 0 Å². The van der Waals surface area contributed by atoms with Crippen LogP contribution in [0.3, 0.4) is 0 Å². The number of halogens is 6. The molecule has 1 aromatic heterocycles. The van der Waals surface area contributed by atoms with Gasteiger partial charge in [0.1, 0.15) is 17.0 Å². The number of hydrogen-bond acceptors (Lipinski definition) is 2. The molecule has 1 aromatic carbocycles. The van der Waals surface area contributed by atoms with E-state index in [1.807, 2.05) is 0 Å². The van der Waals surface area contributed by atoms with Gasteiger partial charge in [0.25, 0.3) is 0 Å². The Morgan fingerprint density at radius 3 is 2.38 bits per heavy atom. The van der Waals surface area contributed by atoms with Gasteiger partial charge < -0.3 is 5.32 Å². The lowest BCUT2D eigenvalue weighted by molar-refractivity contribution is -0.141. The van der Waals surface area contributed by atoms with Crippen molar-refractivity contribution in [2.45, 2.75) is 20.0 Å². The van der Waals surface area contributed by atoms with E-state index in [0.29, 0.717) is 12.6 Å². The van der Waals surface area contributed by atoms with Crippen LogP contribution in [0.5, 0.6) is 0 Å². The third kappa shape index (κ3) is 2.68. The first kappa shape index (κ1) is 15.9. The number of nitrogens with one attached hydrogen (secondary N) is 1. The van der Waals surface area contributed by atoms with Crippen LogP contribution in [0.1, 0.15) is 18.2 Å². The Kier molecular flexibility index (Phi) is 4.10. The van der Waals surface area contributed by atoms with E-state index in [0.717, 1.165) is 0 Å². The highest BCUT2D eigenvalue weighted by Gasteiger charge is 2.37. The molecule has 2 nitrogen and oxygen atoms in total. The number of rotatable bonds is 2. The lowest BCUT2D eigenvalue weighted by atomic mass is 10.1. The second kappa shape index (κ2) is 5.40. The van der Waals surface area contributed by atoms with E-state index >= 15 is 0 Å². The van der Waals surface area contributed by atoms with Crippen molar-refractivity contribution in [1.82, 2.24) is 4.98 Å². The summed E-state index contributed by atoms with van der Waals surface area (Å²) in [5.41, 5.74) is -1.91. The van der Waals surface area contributed by atoms with E-state index in [9.17, 15) is 22.0 Å². The number of anilines is 1. The zero-order valence-corrected chi connectivity index (χ0v) is 12.6. The molecule has 1 heterocycles. The van der Waals surface area contributed by atoms with Gasteiger partial charge in [-0.15, -0.1) is 0 Å². The molecule has 1 N–H and O–H groups in total. The van der Waals surface area contributed by atoms with Crippen LogP contribution in [-0.2, 0) is 6.18 Å². The van der Waals surface area contributed by atoms with Crippen molar-refractivity contribution in [3.05, 3.63) is 33.4 Å². The fourth-order valence-corrected chi connectivity index (χ4v) is 2.60. The van der Waals surface area contributed by atoms with Crippen molar-refractivity contribution in [1.29, 1.82) is 0 Å². The summed E-state index contributed by atoms with van der Waals surface area (Å²) >= 11 is 2.94. The Balaban J connectivity index is 3.00. The van der Waals surface area contributed by atoms with Crippen LogP contribution < -0.4 is 5.32 Å². The number of alkyl halides is 3. The smallest absolute Gasteiger partial charge is 0.384 e. The molecule has 114 valence electrons. The molecule has 0 aliphatic heterocycles. The number of fused-ring (bicyclic) bond motifs is 1. The van der Waals surface area contributed by atoms with Gasteiger partial charge in [-0.2, -0.15) is 13.2 Å². The molecule has 21 heavy (non-hydrogen) atoms. The van der Waals surface area contributed by atoms with Crippen molar-refractivity contribution >= 4 is 32.5 Å². The normalized spacial score (nSPS) is 12.0. The van der Waals surface area contributed by atoms with E-state index in [2.05, 4.69) is 26.2 Å². The molecule has 0 fully saturated rings. The first-order valence-electron chi connectivity index (χ1n) is 5.97. The fraction of sp³-hybridized carbons (Fsp3) is 0.308. The highest BCUT2D eigenvalue weighted by atomic mass is 79.9. The van der Waals surface area contributed by atoms with Gasteiger partial charge in [0.05, 0.1) is 10.2 Å². The van der Waals surface area contributed by atoms with Gasteiger partial charge in [0.15, 0.2) is 5.82 Å². The van der Waals surface area contributed by atoms with Crippen LogP contribution in [-0.4, -0.2) is 11.5 Å². The molecule has 0 radical (unpaired) electrons. The van der Waals surface area contributed by atoms with Gasteiger partial charge >= 0.3 is 6.18 Å². The summed E-state index contributed by atoms with van der Waals surface area (Å²) in [5.74, 6) is -2.05. The first-order valence-corrected chi connectivity index (χ1v) is 6.76. The Bertz CT molecular complexity index is 712. The molecule has 8 heteroatoms. The standard InChI is InChI=1S/C13H10BrF5N2/c1-3-20-10-5(2)12(13(17,18)19)21-11-7(16)4-6(15)9(14)8(10)11/h4H,3H2,1-2H3,(H,20,21). The van der Waals surface area contributed by atoms with Gasteiger partial charge in [0.2, 0.25) is 0 Å². The highest BCUT2D eigenvalue weighted by Crippen LogP contribution is 2.41. The summed E-state index contributed by atoms with van der Waals surface area (Å²) in [6, 6.07) is 0.505. The average molecular weight is 369 g/mol. The molecule has 0 saturated heterocycles. The van der Waals surface area contributed by atoms with Crippen LogP contribution in [0.25, 0.3) is 10.9 Å². The summed E-state index contributed by atoms with van der Waals surface area (Å²) in [7, 11) is 0. The Morgan fingerprint density at radius 2 is 1.86 bits per heavy atom. The van der Waals surface area contributed by atoms with Crippen LogP contribution in [0.2, 0.25) is 0 Å². The summed E-state index contributed by atoms with van der Waals surface area (Å²) in [5, 5.41) is 2.68. The lowest BCUT2D eigenvalue weighted by Crippen LogP contribution is -2.14. The van der Waals surface area contributed by atoms with E-state index < -0.39 is 29.0 Å². The van der Waals surface area contributed by atoms with Crippen molar-refractivity contribution in [3.63, 3.8) is 0 Å². The maximum Gasteiger partial charge on any atom is 0.433 e. The third-order valence-electron chi connectivity index (χ3n) is 2.97. The SMILES string of the molecule is CCNc1c(C)c(C(F)(F)F)nc2c(F)cc(F)c(Br)c12. The van der Waals surface area contributed by atoms with Crippen LogP contribution in [0.4, 0.5) is 27.6 Å². The highest BCUT2D eigenvalue weighted by molar-refractivity contribution is 9.10. The van der Waals surface area contributed by atoms with Crippen molar-refractivity contribution < 1.29 is 22.0 Å². The molecule has 0 unspecified atom stereocenters. The number of aromatic nitrogens is 1. The number of benzene rings is 1. The van der Waals surface area contributed by atoms with Gasteiger partial charge in [-0.3, -0.25) is 0 Å². The van der Waals surface area contributed by atoms with Crippen molar-refractivity contribution in [3.8, 4) is 0 Å². The topological polar surface area (TPSA) is 24.9 Å². The third-order valence-corrected chi connectivity index (χ3v) is 3.75. The quantitative estimate of drug-likeness (QED) is 0.593. The number of pyridine rings is 1. The van der Waals surface area contributed by atoms with Gasteiger partial charge in [-0.25, -0.2) is 13.8 Å². The average Bonchev–Trinajstić information content (AvgIpc) is 2.37. The van der Waals surface area contributed by atoms with Crippen LogP contribution in [0, 0.1) is 18.6 Å². The zero-order chi connectivity index (χ0) is 15.9. The summed E-state index contributed by atoms with van der Waals surface area (Å²) in [6.07, 6.45) is -4.73.